The molecular formula is C16H40N4. The summed E-state index contributed by atoms with van der Waals surface area (Å²) in [5, 5.41) is 2.02. The molecule has 4 heteroatoms. The van der Waals surface area contributed by atoms with Gasteiger partial charge in [-0.2, -0.15) is 5.12 Å². The molecule has 0 radical (unpaired) electrons. The van der Waals surface area contributed by atoms with Crippen molar-refractivity contribution in [1.29, 1.82) is 0 Å². The Bertz CT molecular complexity index is 185. The van der Waals surface area contributed by atoms with Crippen molar-refractivity contribution in [2.75, 3.05) is 13.1 Å². The van der Waals surface area contributed by atoms with Gasteiger partial charge < -0.3 is 0 Å². The smallest absolute Gasteiger partial charge is 0.0260 e. The van der Waals surface area contributed by atoms with Crippen molar-refractivity contribution in [2.45, 2.75) is 93.4 Å². The number of hydrazine groups is 2. The average molecular weight is 289 g/mol. The Morgan fingerprint density at radius 1 is 0.650 bits per heavy atom. The van der Waals surface area contributed by atoms with E-state index >= 15 is 0 Å². The molecule has 0 rings (SSSR count). The molecule has 0 aliphatic rings. The third kappa shape index (κ3) is 12.9. The second kappa shape index (κ2) is 12.6. The van der Waals surface area contributed by atoms with Gasteiger partial charge in [0.25, 0.3) is 0 Å². The monoisotopic (exact) mass is 288 g/mol. The summed E-state index contributed by atoms with van der Waals surface area (Å²) >= 11 is 0. The fourth-order valence-corrected chi connectivity index (χ4v) is 2.17. The molecule has 0 aromatic rings. The summed E-state index contributed by atoms with van der Waals surface area (Å²) in [4.78, 5) is 2.46. The lowest BCUT2D eigenvalue weighted by Crippen LogP contribution is -2.52. The summed E-state index contributed by atoms with van der Waals surface area (Å²) in [7, 11) is 0. The maximum atomic E-state index is 3.28. The van der Waals surface area contributed by atoms with E-state index in [0.29, 0.717) is 24.2 Å². The van der Waals surface area contributed by atoms with Gasteiger partial charge >= 0.3 is 0 Å². The minimum absolute atomic E-state index is 0.487. The SMILES string of the molecule is CCN(C(C)C)C(C)C.CCN(NC(C)C)NC(C)C. The maximum absolute atomic E-state index is 3.28. The van der Waals surface area contributed by atoms with E-state index < -0.39 is 0 Å². The van der Waals surface area contributed by atoms with E-state index in [-0.39, 0.29) is 0 Å². The lowest BCUT2D eigenvalue weighted by molar-refractivity contribution is 0.0904. The van der Waals surface area contributed by atoms with Gasteiger partial charge in [0.2, 0.25) is 0 Å². The van der Waals surface area contributed by atoms with E-state index in [9.17, 15) is 0 Å². The number of nitrogens with one attached hydrogen (secondary N) is 2. The van der Waals surface area contributed by atoms with Crippen molar-refractivity contribution in [3.05, 3.63) is 0 Å². The van der Waals surface area contributed by atoms with Crippen LogP contribution in [0.25, 0.3) is 0 Å². The number of hydrogen-bond donors (Lipinski definition) is 2. The van der Waals surface area contributed by atoms with Crippen LogP contribution in [-0.4, -0.2) is 47.3 Å². The first-order valence-corrected chi connectivity index (χ1v) is 8.21. The lowest BCUT2D eigenvalue weighted by atomic mass is 10.2. The van der Waals surface area contributed by atoms with Crippen LogP contribution in [0.3, 0.4) is 0 Å². The van der Waals surface area contributed by atoms with Crippen molar-refractivity contribution in [3.63, 3.8) is 0 Å². The molecule has 0 atom stereocenters. The first kappa shape index (κ1) is 22.1. The number of nitrogens with zero attached hydrogens (tertiary/aromatic N) is 2. The molecule has 0 aliphatic carbocycles. The van der Waals surface area contributed by atoms with Gasteiger partial charge in [-0.1, -0.05) is 6.92 Å². The zero-order chi connectivity index (χ0) is 16.3. The standard InChI is InChI=1S/C8H21N3.C8H19N/c1-6-11(9-7(2)3)10-8(4)5;1-6-9(7(2)3)8(4)5/h7-10H,6H2,1-5H3;7-8H,6H2,1-5H3. The molecule has 124 valence electrons. The average Bonchev–Trinajstić information content (AvgIpc) is 2.27. The molecule has 20 heavy (non-hydrogen) atoms. The van der Waals surface area contributed by atoms with Gasteiger partial charge in [0.1, 0.15) is 0 Å². The summed E-state index contributed by atoms with van der Waals surface area (Å²) in [6, 6.07) is 2.35. The third-order valence-electron chi connectivity index (χ3n) is 2.84. The van der Waals surface area contributed by atoms with Gasteiger partial charge in [-0.3, -0.25) is 4.90 Å². The highest BCUT2D eigenvalue weighted by molar-refractivity contribution is 4.64. The second-order valence-corrected chi connectivity index (χ2v) is 6.33. The van der Waals surface area contributed by atoms with Crippen molar-refractivity contribution in [2.24, 2.45) is 0 Å². The van der Waals surface area contributed by atoms with Gasteiger partial charge in [0.15, 0.2) is 0 Å². The van der Waals surface area contributed by atoms with Crippen molar-refractivity contribution < 1.29 is 0 Å². The molecule has 0 saturated carbocycles. The Hall–Kier alpha value is -0.160. The quantitative estimate of drug-likeness (QED) is 0.671. The molecule has 4 nitrogen and oxygen atoms in total. The molecule has 0 aliphatic heterocycles. The number of hydrogen-bond acceptors (Lipinski definition) is 4. The molecule has 0 heterocycles. The van der Waals surface area contributed by atoms with Crippen LogP contribution in [0, 0.1) is 0 Å². The van der Waals surface area contributed by atoms with E-state index in [4.69, 9.17) is 0 Å². The maximum Gasteiger partial charge on any atom is 0.0260 e. The summed E-state index contributed by atoms with van der Waals surface area (Å²) in [5.74, 6) is 0. The Morgan fingerprint density at radius 3 is 1.10 bits per heavy atom. The fraction of sp³-hybridized carbons (Fsp3) is 1.00. The first-order valence-electron chi connectivity index (χ1n) is 8.21. The summed E-state index contributed by atoms with van der Waals surface area (Å²) in [6.45, 7) is 23.9. The largest absolute Gasteiger partial charge is 0.299 e. The number of rotatable bonds is 8. The van der Waals surface area contributed by atoms with Crippen LogP contribution in [0.5, 0.6) is 0 Å². The second-order valence-electron chi connectivity index (χ2n) is 6.33. The fourth-order valence-electron chi connectivity index (χ4n) is 2.17. The minimum atomic E-state index is 0.487. The molecule has 0 fully saturated rings. The van der Waals surface area contributed by atoms with Gasteiger partial charge in [0, 0.05) is 30.7 Å². The summed E-state index contributed by atoms with van der Waals surface area (Å²) < 4.78 is 0. The van der Waals surface area contributed by atoms with Crippen LogP contribution in [0.1, 0.15) is 69.2 Å². The highest BCUT2D eigenvalue weighted by Gasteiger charge is 2.09. The molecule has 0 amide bonds. The van der Waals surface area contributed by atoms with Gasteiger partial charge in [-0.25, -0.2) is 10.9 Å². The Kier molecular flexibility index (Phi) is 13.9. The molecule has 0 bridgehead atoms. The van der Waals surface area contributed by atoms with E-state index in [1.807, 2.05) is 5.12 Å². The predicted octanol–water partition coefficient (Wildman–Crippen LogP) is 3.26. The van der Waals surface area contributed by atoms with Crippen LogP contribution in [0.4, 0.5) is 0 Å². The molecule has 0 saturated heterocycles. The van der Waals surface area contributed by atoms with Crippen LogP contribution >= 0.6 is 0 Å². The molecule has 0 aromatic heterocycles. The van der Waals surface area contributed by atoms with E-state index in [2.05, 4.69) is 85.0 Å². The van der Waals surface area contributed by atoms with Crippen LogP contribution < -0.4 is 10.9 Å². The van der Waals surface area contributed by atoms with Crippen molar-refractivity contribution in [3.8, 4) is 0 Å². The van der Waals surface area contributed by atoms with Gasteiger partial charge in [-0.15, -0.1) is 0 Å². The van der Waals surface area contributed by atoms with E-state index in [0.717, 1.165) is 13.1 Å². The van der Waals surface area contributed by atoms with Crippen molar-refractivity contribution in [1.82, 2.24) is 20.9 Å². The van der Waals surface area contributed by atoms with E-state index in [1.54, 1.807) is 0 Å². The minimum Gasteiger partial charge on any atom is -0.299 e. The van der Waals surface area contributed by atoms with E-state index in [1.165, 1.54) is 0 Å². The molecule has 0 spiro atoms. The molecular weight excluding hydrogens is 248 g/mol. The van der Waals surface area contributed by atoms with Crippen LogP contribution in [0.2, 0.25) is 0 Å². The molecule has 2 N–H and O–H groups in total. The topological polar surface area (TPSA) is 30.5 Å². The van der Waals surface area contributed by atoms with Crippen LogP contribution in [0.15, 0.2) is 0 Å². The van der Waals surface area contributed by atoms with Gasteiger partial charge in [0.05, 0.1) is 0 Å². The summed E-state index contributed by atoms with van der Waals surface area (Å²) in [5.41, 5.74) is 6.57. The Labute approximate surface area is 128 Å². The zero-order valence-electron chi connectivity index (χ0n) is 15.6. The van der Waals surface area contributed by atoms with Crippen molar-refractivity contribution >= 4 is 0 Å². The first-order chi connectivity index (χ1) is 9.15. The summed E-state index contributed by atoms with van der Waals surface area (Å²) in [6.07, 6.45) is 0. The lowest BCUT2D eigenvalue weighted by Gasteiger charge is -2.28. The molecule has 0 aromatic carbocycles. The Morgan fingerprint density at radius 2 is 1.00 bits per heavy atom. The highest BCUT2D eigenvalue weighted by Crippen LogP contribution is 2.02. The van der Waals surface area contributed by atoms with Crippen LogP contribution in [-0.2, 0) is 0 Å². The third-order valence-corrected chi connectivity index (χ3v) is 2.84. The normalized spacial score (nSPS) is 12.0. The van der Waals surface area contributed by atoms with Gasteiger partial charge in [-0.05, 0) is 68.9 Å². The Balaban J connectivity index is 0. The predicted molar refractivity (Wildman–Crippen MR) is 91.6 cm³/mol. The zero-order valence-corrected chi connectivity index (χ0v) is 15.6. The highest BCUT2D eigenvalue weighted by atomic mass is 15.7. The molecule has 0 unspecified atom stereocenters.